The van der Waals surface area contributed by atoms with Crippen LogP contribution in [-0.2, 0) is 19.1 Å². The van der Waals surface area contributed by atoms with Crippen LogP contribution in [0.1, 0.15) is 19.3 Å². The molecule has 4 heteroatoms. The Bertz CT molecular complexity index is 383. The summed E-state index contributed by atoms with van der Waals surface area (Å²) in [5, 5.41) is 0. The number of ether oxygens (including phenoxy) is 2. The van der Waals surface area contributed by atoms with Crippen molar-refractivity contribution in [2.24, 2.45) is 17.8 Å². The molecular weight excluding hydrogens is 232 g/mol. The van der Waals surface area contributed by atoms with E-state index in [1.54, 1.807) is 0 Å². The summed E-state index contributed by atoms with van der Waals surface area (Å²) in [6, 6.07) is 0. The third-order valence-corrected chi connectivity index (χ3v) is 4.20. The molecule has 3 unspecified atom stereocenters. The van der Waals surface area contributed by atoms with Gasteiger partial charge >= 0.3 is 11.9 Å². The van der Waals surface area contributed by atoms with Crippen LogP contribution in [0.3, 0.4) is 0 Å². The largest absolute Gasteiger partial charge is 0.468 e. The second-order valence-corrected chi connectivity index (χ2v) is 4.92. The first-order chi connectivity index (χ1) is 8.58. The van der Waals surface area contributed by atoms with Crippen LogP contribution in [0, 0.1) is 17.8 Å². The molecule has 18 heavy (non-hydrogen) atoms. The van der Waals surface area contributed by atoms with E-state index >= 15 is 0 Å². The Morgan fingerprint density at radius 2 is 1.94 bits per heavy atom. The first-order valence-corrected chi connectivity index (χ1v) is 6.15. The second kappa shape index (κ2) is 4.59. The molecule has 3 atom stereocenters. The second-order valence-electron chi connectivity index (χ2n) is 4.92. The van der Waals surface area contributed by atoms with Crippen LogP contribution in [0.4, 0.5) is 0 Å². The maximum atomic E-state index is 11.9. The van der Waals surface area contributed by atoms with Gasteiger partial charge in [-0.15, -0.1) is 13.2 Å². The molecule has 4 nitrogen and oxygen atoms in total. The quantitative estimate of drug-likeness (QED) is 0.436. The van der Waals surface area contributed by atoms with E-state index in [0.717, 1.165) is 12.8 Å². The minimum absolute atomic E-state index is 0.0825. The van der Waals surface area contributed by atoms with Gasteiger partial charge in [-0.3, -0.25) is 9.59 Å². The predicted octanol–water partition coefficient (Wildman–Crippen LogP) is 1.86. The van der Waals surface area contributed by atoms with E-state index in [2.05, 4.69) is 17.9 Å². The summed E-state index contributed by atoms with van der Waals surface area (Å²) in [4.78, 5) is 23.4. The number of rotatable bonds is 3. The van der Waals surface area contributed by atoms with E-state index in [-0.39, 0.29) is 11.8 Å². The van der Waals surface area contributed by atoms with Crippen molar-refractivity contribution in [1.82, 2.24) is 0 Å². The van der Waals surface area contributed by atoms with Crippen molar-refractivity contribution < 1.29 is 19.1 Å². The van der Waals surface area contributed by atoms with Gasteiger partial charge in [-0.05, 0) is 12.8 Å². The highest BCUT2D eigenvalue weighted by Crippen LogP contribution is 2.52. The van der Waals surface area contributed by atoms with Gasteiger partial charge in [0.15, 0.2) is 5.92 Å². The summed E-state index contributed by atoms with van der Waals surface area (Å²) >= 11 is 0. The molecule has 1 aliphatic carbocycles. The summed E-state index contributed by atoms with van der Waals surface area (Å²) in [7, 11) is 1.28. The normalized spacial score (nSPS) is 38.5. The lowest BCUT2D eigenvalue weighted by Gasteiger charge is -2.32. The van der Waals surface area contributed by atoms with E-state index in [9.17, 15) is 9.59 Å². The lowest BCUT2D eigenvalue weighted by Crippen LogP contribution is -2.38. The topological polar surface area (TPSA) is 52.6 Å². The fourth-order valence-electron chi connectivity index (χ4n) is 3.24. The number of hydrogen-bond donors (Lipinski definition) is 0. The predicted molar refractivity (Wildman–Crippen MR) is 65.6 cm³/mol. The summed E-state index contributed by atoms with van der Waals surface area (Å²) in [5.74, 6) is -1.65. The minimum Gasteiger partial charge on any atom is -0.468 e. The van der Waals surface area contributed by atoms with E-state index in [0.29, 0.717) is 6.42 Å². The van der Waals surface area contributed by atoms with Crippen LogP contribution in [0.5, 0.6) is 0 Å². The maximum Gasteiger partial charge on any atom is 0.321 e. The molecule has 0 aromatic rings. The van der Waals surface area contributed by atoms with Gasteiger partial charge in [-0.1, -0.05) is 12.2 Å². The van der Waals surface area contributed by atoms with Crippen molar-refractivity contribution >= 4 is 11.9 Å². The Labute approximate surface area is 107 Å². The molecule has 2 aliphatic rings. The van der Waals surface area contributed by atoms with Crippen molar-refractivity contribution in [3.63, 3.8) is 0 Å². The molecule has 0 amide bonds. The smallest absolute Gasteiger partial charge is 0.321 e. The Kier molecular flexibility index (Phi) is 3.28. The standard InChI is InChI=1S/C14H18O4/c1-4-9-6-7-10(5-2)14(9)8-11(12(15)17-3)13(16)18-14/h4-5,9-11H,1-2,6-8H2,3H3. The molecule has 1 heterocycles. The zero-order chi connectivity index (χ0) is 13.3. The molecule has 2 fully saturated rings. The molecule has 1 aliphatic heterocycles. The van der Waals surface area contributed by atoms with E-state index in [1.165, 1.54) is 7.11 Å². The zero-order valence-corrected chi connectivity index (χ0v) is 10.6. The van der Waals surface area contributed by atoms with Gasteiger partial charge in [0, 0.05) is 18.3 Å². The first kappa shape index (κ1) is 12.9. The average molecular weight is 250 g/mol. The Balaban J connectivity index is 2.31. The zero-order valence-electron chi connectivity index (χ0n) is 10.6. The maximum absolute atomic E-state index is 11.9. The Morgan fingerprint density at radius 3 is 2.39 bits per heavy atom. The van der Waals surface area contributed by atoms with Gasteiger partial charge in [0.25, 0.3) is 0 Å². The molecule has 98 valence electrons. The van der Waals surface area contributed by atoms with Crippen LogP contribution < -0.4 is 0 Å². The molecule has 0 aromatic heterocycles. The van der Waals surface area contributed by atoms with Gasteiger partial charge in [-0.25, -0.2) is 0 Å². The van der Waals surface area contributed by atoms with E-state index in [1.807, 2.05) is 12.2 Å². The highest BCUT2D eigenvalue weighted by molar-refractivity contribution is 5.96. The molecule has 1 saturated heterocycles. The highest BCUT2D eigenvalue weighted by atomic mass is 16.6. The van der Waals surface area contributed by atoms with Crippen molar-refractivity contribution in [2.45, 2.75) is 24.9 Å². The molecule has 2 rings (SSSR count). The number of carbonyl (C=O) groups excluding carboxylic acids is 2. The number of esters is 2. The third-order valence-electron chi connectivity index (χ3n) is 4.20. The average Bonchev–Trinajstić information content (AvgIpc) is 2.89. The van der Waals surface area contributed by atoms with Crippen LogP contribution in [0.2, 0.25) is 0 Å². The van der Waals surface area contributed by atoms with Gasteiger partial charge in [-0.2, -0.15) is 0 Å². The monoisotopic (exact) mass is 250 g/mol. The molecule has 1 spiro atoms. The molecule has 0 N–H and O–H groups in total. The number of carbonyl (C=O) groups is 2. The molecule has 1 saturated carbocycles. The van der Waals surface area contributed by atoms with Crippen molar-refractivity contribution in [3.05, 3.63) is 25.3 Å². The minimum atomic E-state index is -0.807. The SMILES string of the molecule is C=CC1CCC(C=C)C12CC(C(=O)OC)C(=O)O2. The summed E-state index contributed by atoms with van der Waals surface area (Å²) in [5.41, 5.74) is -0.639. The fourth-order valence-corrected chi connectivity index (χ4v) is 3.24. The fraction of sp³-hybridized carbons (Fsp3) is 0.571. The number of hydrogen-bond acceptors (Lipinski definition) is 4. The molecule has 0 bridgehead atoms. The van der Waals surface area contributed by atoms with Crippen LogP contribution in [0.15, 0.2) is 25.3 Å². The van der Waals surface area contributed by atoms with E-state index in [4.69, 9.17) is 4.74 Å². The molecule has 0 aromatic carbocycles. The molecule has 0 radical (unpaired) electrons. The molecular formula is C14H18O4. The third kappa shape index (κ3) is 1.67. The lowest BCUT2D eigenvalue weighted by molar-refractivity contribution is -0.159. The van der Waals surface area contributed by atoms with Crippen LogP contribution in [0.25, 0.3) is 0 Å². The highest BCUT2D eigenvalue weighted by Gasteiger charge is 2.59. The summed E-state index contributed by atoms with van der Waals surface area (Å²) < 4.78 is 10.2. The first-order valence-electron chi connectivity index (χ1n) is 6.15. The van der Waals surface area contributed by atoms with Crippen molar-refractivity contribution in [3.8, 4) is 0 Å². The Morgan fingerprint density at radius 1 is 1.39 bits per heavy atom. The summed E-state index contributed by atoms with van der Waals surface area (Å²) in [6.45, 7) is 7.61. The summed E-state index contributed by atoms with van der Waals surface area (Å²) in [6.07, 6.45) is 5.81. The van der Waals surface area contributed by atoms with Gasteiger partial charge in [0.1, 0.15) is 5.60 Å². The van der Waals surface area contributed by atoms with Gasteiger partial charge in [0.05, 0.1) is 7.11 Å². The van der Waals surface area contributed by atoms with Crippen LogP contribution in [-0.4, -0.2) is 24.6 Å². The number of methoxy groups -OCH3 is 1. The Hall–Kier alpha value is -1.58. The van der Waals surface area contributed by atoms with Crippen LogP contribution >= 0.6 is 0 Å². The van der Waals surface area contributed by atoms with Crippen molar-refractivity contribution in [1.29, 1.82) is 0 Å². The van der Waals surface area contributed by atoms with E-state index < -0.39 is 23.5 Å². The lowest BCUT2D eigenvalue weighted by atomic mass is 9.79. The van der Waals surface area contributed by atoms with Gasteiger partial charge < -0.3 is 9.47 Å². The van der Waals surface area contributed by atoms with Gasteiger partial charge in [0.2, 0.25) is 0 Å². The van der Waals surface area contributed by atoms with Crippen molar-refractivity contribution in [2.75, 3.05) is 7.11 Å².